The predicted octanol–water partition coefficient (Wildman–Crippen LogP) is 2.99. The highest BCUT2D eigenvalue weighted by molar-refractivity contribution is 5.99. The van der Waals surface area contributed by atoms with E-state index in [1.54, 1.807) is 13.8 Å². The summed E-state index contributed by atoms with van der Waals surface area (Å²) in [5, 5.41) is 0. The normalized spacial score (nSPS) is 15.4. The molecule has 1 heterocycles. The molecule has 1 aromatic carbocycles. The standard InChI is InChI=1S/C12H12F3NO/c1-3-16-6-9-8(11(16)17)4-7(2)5-10(9)12(13,14)15/h4-5H,3,6H2,1-2H3. The van der Waals surface area contributed by atoms with Gasteiger partial charge in [0, 0.05) is 18.7 Å². The summed E-state index contributed by atoms with van der Waals surface area (Å²) in [6.45, 7) is 3.80. The van der Waals surface area contributed by atoms with Crippen molar-refractivity contribution in [1.82, 2.24) is 4.90 Å². The zero-order valence-corrected chi connectivity index (χ0v) is 9.56. The first-order chi connectivity index (χ1) is 7.84. The lowest BCUT2D eigenvalue weighted by Gasteiger charge is -2.13. The van der Waals surface area contributed by atoms with E-state index in [0.29, 0.717) is 12.1 Å². The van der Waals surface area contributed by atoms with Crippen LogP contribution in [-0.2, 0) is 12.7 Å². The molecule has 2 nitrogen and oxygen atoms in total. The molecule has 1 amide bonds. The molecule has 0 spiro atoms. The Kier molecular flexibility index (Phi) is 2.64. The minimum absolute atomic E-state index is 0.0553. The van der Waals surface area contributed by atoms with Crippen LogP contribution < -0.4 is 0 Å². The van der Waals surface area contributed by atoms with Gasteiger partial charge in [-0.2, -0.15) is 13.2 Å². The number of rotatable bonds is 1. The molecule has 0 radical (unpaired) electrons. The first-order valence-electron chi connectivity index (χ1n) is 5.34. The molecule has 0 atom stereocenters. The molecule has 1 aliphatic rings. The average molecular weight is 243 g/mol. The third-order valence-electron chi connectivity index (χ3n) is 2.95. The Morgan fingerprint density at radius 2 is 2.00 bits per heavy atom. The largest absolute Gasteiger partial charge is 0.416 e. The third-order valence-corrected chi connectivity index (χ3v) is 2.95. The zero-order chi connectivity index (χ0) is 12.8. The fourth-order valence-corrected chi connectivity index (χ4v) is 2.12. The van der Waals surface area contributed by atoms with Crippen molar-refractivity contribution in [2.75, 3.05) is 6.54 Å². The molecule has 0 aromatic heterocycles. The maximum Gasteiger partial charge on any atom is 0.416 e. The van der Waals surface area contributed by atoms with E-state index in [1.807, 2.05) is 0 Å². The number of amides is 1. The number of carbonyl (C=O) groups excluding carboxylic acids is 1. The fraction of sp³-hybridized carbons (Fsp3) is 0.417. The first kappa shape index (κ1) is 12.0. The second kappa shape index (κ2) is 3.75. The van der Waals surface area contributed by atoms with Crippen LogP contribution in [0.15, 0.2) is 12.1 Å². The summed E-state index contributed by atoms with van der Waals surface area (Å²) in [4.78, 5) is 13.2. The predicted molar refractivity (Wildman–Crippen MR) is 56.6 cm³/mol. The molecule has 0 fully saturated rings. The molecule has 92 valence electrons. The molecule has 0 saturated carbocycles. The molecule has 2 rings (SSSR count). The maximum absolute atomic E-state index is 12.9. The van der Waals surface area contributed by atoms with Crippen molar-refractivity contribution in [3.8, 4) is 0 Å². The summed E-state index contributed by atoms with van der Waals surface area (Å²) in [6, 6.07) is 2.63. The highest BCUT2D eigenvalue weighted by atomic mass is 19.4. The lowest BCUT2D eigenvalue weighted by Crippen LogP contribution is -2.23. The molecule has 0 N–H and O–H groups in total. The second-order valence-corrected chi connectivity index (χ2v) is 4.16. The molecule has 5 heteroatoms. The van der Waals surface area contributed by atoms with Crippen molar-refractivity contribution < 1.29 is 18.0 Å². The van der Waals surface area contributed by atoms with Crippen LogP contribution in [0.3, 0.4) is 0 Å². The van der Waals surface area contributed by atoms with Gasteiger partial charge in [0.15, 0.2) is 0 Å². The van der Waals surface area contributed by atoms with Crippen molar-refractivity contribution in [3.63, 3.8) is 0 Å². The van der Waals surface area contributed by atoms with Gasteiger partial charge in [-0.05, 0) is 37.1 Å². The number of benzene rings is 1. The van der Waals surface area contributed by atoms with E-state index in [-0.39, 0.29) is 23.6 Å². The number of aryl methyl sites for hydroxylation is 1. The Bertz CT molecular complexity index is 479. The minimum Gasteiger partial charge on any atom is -0.335 e. The molecule has 0 bridgehead atoms. The van der Waals surface area contributed by atoms with Crippen molar-refractivity contribution in [2.45, 2.75) is 26.6 Å². The summed E-state index contributed by atoms with van der Waals surface area (Å²) in [6.07, 6.45) is -4.40. The highest BCUT2D eigenvalue weighted by Gasteiger charge is 2.39. The molecular weight excluding hydrogens is 231 g/mol. The summed E-state index contributed by atoms with van der Waals surface area (Å²) < 4.78 is 38.6. The Hall–Kier alpha value is -1.52. The van der Waals surface area contributed by atoms with Gasteiger partial charge in [0.1, 0.15) is 0 Å². The van der Waals surface area contributed by atoms with Gasteiger partial charge in [-0.1, -0.05) is 0 Å². The Morgan fingerprint density at radius 1 is 1.35 bits per heavy atom. The lowest BCUT2D eigenvalue weighted by molar-refractivity contribution is -0.138. The molecule has 1 aliphatic heterocycles. The Balaban J connectivity index is 2.61. The maximum atomic E-state index is 12.9. The Labute approximate surface area is 97.0 Å². The topological polar surface area (TPSA) is 20.3 Å². The number of halogens is 3. The summed E-state index contributed by atoms with van der Waals surface area (Å²) in [7, 11) is 0. The Morgan fingerprint density at radius 3 is 2.53 bits per heavy atom. The number of carbonyl (C=O) groups is 1. The number of fused-ring (bicyclic) bond motifs is 1. The molecule has 0 unspecified atom stereocenters. The zero-order valence-electron chi connectivity index (χ0n) is 9.56. The fourth-order valence-electron chi connectivity index (χ4n) is 2.12. The number of hydrogen-bond donors (Lipinski definition) is 0. The minimum atomic E-state index is -4.40. The van der Waals surface area contributed by atoms with Crippen LogP contribution in [0.4, 0.5) is 13.2 Å². The van der Waals surface area contributed by atoms with Gasteiger partial charge in [-0.3, -0.25) is 4.79 Å². The van der Waals surface area contributed by atoms with Crippen LogP contribution in [0.2, 0.25) is 0 Å². The van der Waals surface area contributed by atoms with E-state index in [1.165, 1.54) is 11.0 Å². The molecule has 1 aromatic rings. The molecular formula is C12H12F3NO. The third kappa shape index (κ3) is 1.90. The molecule has 17 heavy (non-hydrogen) atoms. The van der Waals surface area contributed by atoms with Crippen molar-refractivity contribution in [1.29, 1.82) is 0 Å². The summed E-state index contributed by atoms with van der Waals surface area (Å²) in [5.41, 5.74) is 0.0771. The monoisotopic (exact) mass is 243 g/mol. The van der Waals surface area contributed by atoms with Gasteiger partial charge in [0.05, 0.1) is 5.56 Å². The van der Waals surface area contributed by atoms with Crippen molar-refractivity contribution >= 4 is 5.91 Å². The van der Waals surface area contributed by atoms with Gasteiger partial charge in [-0.15, -0.1) is 0 Å². The SMILES string of the molecule is CCN1Cc2c(cc(C)cc2C(F)(F)F)C1=O. The summed E-state index contributed by atoms with van der Waals surface area (Å²) in [5.74, 6) is -0.309. The van der Waals surface area contributed by atoms with E-state index in [9.17, 15) is 18.0 Å². The van der Waals surface area contributed by atoms with E-state index in [4.69, 9.17) is 0 Å². The van der Waals surface area contributed by atoms with Crippen LogP contribution in [0, 0.1) is 6.92 Å². The van der Waals surface area contributed by atoms with Crippen molar-refractivity contribution in [3.05, 3.63) is 34.4 Å². The number of alkyl halides is 3. The van der Waals surface area contributed by atoms with Crippen LogP contribution in [0.5, 0.6) is 0 Å². The van der Waals surface area contributed by atoms with E-state index in [2.05, 4.69) is 0 Å². The van der Waals surface area contributed by atoms with E-state index in [0.717, 1.165) is 6.07 Å². The second-order valence-electron chi connectivity index (χ2n) is 4.16. The van der Waals surface area contributed by atoms with Crippen LogP contribution in [-0.4, -0.2) is 17.4 Å². The number of nitrogens with zero attached hydrogens (tertiary/aromatic N) is 1. The lowest BCUT2D eigenvalue weighted by atomic mass is 9.99. The van der Waals surface area contributed by atoms with Gasteiger partial charge >= 0.3 is 6.18 Å². The van der Waals surface area contributed by atoms with Crippen LogP contribution >= 0.6 is 0 Å². The quantitative estimate of drug-likeness (QED) is 0.742. The van der Waals surface area contributed by atoms with Gasteiger partial charge < -0.3 is 4.90 Å². The molecule has 0 aliphatic carbocycles. The van der Waals surface area contributed by atoms with Crippen molar-refractivity contribution in [2.24, 2.45) is 0 Å². The smallest absolute Gasteiger partial charge is 0.335 e. The van der Waals surface area contributed by atoms with Crippen LogP contribution in [0.1, 0.15) is 34.0 Å². The van der Waals surface area contributed by atoms with Gasteiger partial charge in [-0.25, -0.2) is 0 Å². The average Bonchev–Trinajstić information content (AvgIpc) is 2.54. The summed E-state index contributed by atoms with van der Waals surface area (Å²) >= 11 is 0. The van der Waals surface area contributed by atoms with Gasteiger partial charge in [0.25, 0.3) is 5.91 Å². The highest BCUT2D eigenvalue weighted by Crippen LogP contribution is 2.37. The van der Waals surface area contributed by atoms with E-state index >= 15 is 0 Å². The number of hydrogen-bond acceptors (Lipinski definition) is 1. The van der Waals surface area contributed by atoms with Gasteiger partial charge in [0.2, 0.25) is 0 Å². The van der Waals surface area contributed by atoms with E-state index < -0.39 is 11.7 Å². The van der Waals surface area contributed by atoms with Crippen LogP contribution in [0.25, 0.3) is 0 Å². The molecule has 0 saturated heterocycles. The first-order valence-corrected chi connectivity index (χ1v) is 5.34.